The van der Waals surface area contributed by atoms with E-state index in [2.05, 4.69) is 66.4 Å². The van der Waals surface area contributed by atoms with Crippen LogP contribution in [-0.4, -0.2) is 24.8 Å². The highest BCUT2D eigenvalue weighted by Gasteiger charge is 2.03. The lowest BCUT2D eigenvalue weighted by Gasteiger charge is -2.12. The third kappa shape index (κ3) is 35.1. The molecule has 5 nitrogen and oxygen atoms in total. The van der Waals surface area contributed by atoms with Gasteiger partial charge in [0.1, 0.15) is 25.4 Å². The fourth-order valence-corrected chi connectivity index (χ4v) is 2.06. The number of aromatic nitrogens is 1. The summed E-state index contributed by atoms with van der Waals surface area (Å²) in [6, 6.07) is 12.2. The van der Waals surface area contributed by atoms with E-state index < -0.39 is 0 Å². The Bertz CT molecular complexity index is 820. The lowest BCUT2D eigenvalue weighted by Crippen LogP contribution is -2.00. The van der Waals surface area contributed by atoms with E-state index in [-0.39, 0.29) is 0 Å². The molecule has 0 atom stereocenters. The first-order valence-corrected chi connectivity index (χ1v) is 13.5. The van der Waals surface area contributed by atoms with Crippen molar-refractivity contribution < 1.29 is 18.8 Å². The molecule has 0 aliphatic carbocycles. The zero-order valence-electron chi connectivity index (χ0n) is 26.3. The number of nitrogens with zero attached hydrogens (tertiary/aromatic N) is 1. The molecule has 0 fully saturated rings. The fraction of sp³-hybridized carbons (Fsp3) is 0.515. The molecule has 0 bridgehead atoms. The van der Waals surface area contributed by atoms with Gasteiger partial charge in [0.05, 0.1) is 6.26 Å². The minimum atomic E-state index is 0.542. The van der Waals surface area contributed by atoms with Gasteiger partial charge in [-0.15, -0.1) is 0 Å². The molecule has 0 spiro atoms. The Balaban J connectivity index is -0.000000119. The zero-order chi connectivity index (χ0) is 30.8. The van der Waals surface area contributed by atoms with Gasteiger partial charge in [-0.3, -0.25) is 4.98 Å². The predicted molar refractivity (Wildman–Crippen MR) is 167 cm³/mol. The summed E-state index contributed by atoms with van der Waals surface area (Å²) < 4.78 is 5.17. The lowest BCUT2D eigenvalue weighted by molar-refractivity contribution is -0.106. The highest BCUT2D eigenvalue weighted by Crippen LogP contribution is 2.16. The summed E-state index contributed by atoms with van der Waals surface area (Å²) in [6.07, 6.45) is 12.5. The van der Waals surface area contributed by atoms with E-state index >= 15 is 0 Å². The molecule has 38 heavy (non-hydrogen) atoms. The second-order valence-corrected chi connectivity index (χ2v) is 8.67. The first-order chi connectivity index (χ1) is 18.2. The van der Waals surface area contributed by atoms with Crippen LogP contribution in [0.1, 0.15) is 106 Å². The minimum absolute atomic E-state index is 0.542. The van der Waals surface area contributed by atoms with Crippen LogP contribution in [0.3, 0.4) is 0 Å². The van der Waals surface area contributed by atoms with Crippen LogP contribution < -0.4 is 0 Å². The topological polar surface area (TPSA) is 77.2 Å². The first-order valence-electron chi connectivity index (χ1n) is 13.5. The Morgan fingerprint density at radius 2 is 1.32 bits per heavy atom. The molecule has 0 amide bonds. The van der Waals surface area contributed by atoms with Gasteiger partial charge >= 0.3 is 0 Å². The van der Waals surface area contributed by atoms with Gasteiger partial charge in [0.2, 0.25) is 0 Å². The molecule has 3 rings (SSSR count). The Hall–Kier alpha value is -3.08. The van der Waals surface area contributed by atoms with Crippen LogP contribution in [0, 0.1) is 12.3 Å². The van der Waals surface area contributed by atoms with Gasteiger partial charge in [-0.25, -0.2) is 0 Å². The molecule has 2 heterocycles. The van der Waals surface area contributed by atoms with E-state index in [0.717, 1.165) is 18.3 Å². The number of hydrogen-bond donors (Lipinski definition) is 0. The second-order valence-electron chi connectivity index (χ2n) is 8.67. The maximum atomic E-state index is 8.81. The number of rotatable bonds is 3. The van der Waals surface area contributed by atoms with Crippen LogP contribution in [0.25, 0.3) is 11.0 Å². The molecule has 0 unspecified atom stereocenters. The van der Waals surface area contributed by atoms with E-state index in [1.54, 1.807) is 6.26 Å². The monoisotopic (exact) mass is 531 g/mol. The van der Waals surface area contributed by atoms with Gasteiger partial charge in [-0.2, -0.15) is 0 Å². The highest BCUT2D eigenvalue weighted by molar-refractivity contribution is 5.77. The quantitative estimate of drug-likeness (QED) is 0.314. The molecule has 2 aromatic heterocycles. The number of aldehydes is 1. The molecule has 0 saturated heterocycles. The second kappa shape index (κ2) is 36.1. The standard InChI is InChI=1S/C9H8O.C7H9N.C6H14.C5H12.C2H4O.C2H6.2CH2O/c1-7-2-3-9-8(6-7)4-5-10-9;1-2-7-3-5-8-6-4-7;1-5-6(2,3)4;1-3-5-4-2;1-2-3;3*1-2/h2-6H,1H3;3-6H,2H2,1H3;5H2,1-4H3;3-5H2,1-2H3;2H,1H3;1-2H3;2*1H2. The predicted octanol–water partition coefficient (Wildman–Crippen LogP) is 9.89. The fourth-order valence-electron chi connectivity index (χ4n) is 2.06. The van der Waals surface area contributed by atoms with Crippen LogP contribution in [-0.2, 0) is 20.8 Å². The van der Waals surface area contributed by atoms with E-state index in [4.69, 9.17) is 18.8 Å². The van der Waals surface area contributed by atoms with Crippen molar-refractivity contribution in [2.24, 2.45) is 5.41 Å². The molecule has 0 aliphatic rings. The summed E-state index contributed by atoms with van der Waals surface area (Å²) in [5, 5.41) is 1.18. The number of carbonyl (C=O) groups is 3. The molecule has 0 N–H and O–H groups in total. The van der Waals surface area contributed by atoms with E-state index in [1.807, 2.05) is 70.2 Å². The maximum absolute atomic E-state index is 8.81. The van der Waals surface area contributed by atoms with E-state index in [9.17, 15) is 0 Å². The number of benzene rings is 1. The van der Waals surface area contributed by atoms with Crippen LogP contribution in [0.15, 0.2) is 59.5 Å². The number of furan rings is 1. The number of aryl methyl sites for hydroxylation is 2. The molecular weight excluding hydrogens is 474 g/mol. The number of hydrogen-bond acceptors (Lipinski definition) is 5. The van der Waals surface area contributed by atoms with Gasteiger partial charge in [-0.1, -0.05) is 99.6 Å². The molecule has 218 valence electrons. The lowest BCUT2D eigenvalue weighted by atomic mass is 9.94. The summed E-state index contributed by atoms with van der Waals surface area (Å²) >= 11 is 0. The molecule has 1 aromatic carbocycles. The summed E-state index contributed by atoms with van der Waals surface area (Å²) in [4.78, 5) is 28.7. The summed E-state index contributed by atoms with van der Waals surface area (Å²) in [5.74, 6) is 0. The molecular formula is C33H57NO4. The van der Waals surface area contributed by atoms with Gasteiger partial charge in [0, 0.05) is 17.8 Å². The van der Waals surface area contributed by atoms with Crippen molar-refractivity contribution in [3.63, 3.8) is 0 Å². The zero-order valence-corrected chi connectivity index (χ0v) is 26.3. The number of fused-ring (bicyclic) bond motifs is 1. The third-order valence-corrected chi connectivity index (χ3v) is 4.53. The largest absolute Gasteiger partial charge is 0.464 e. The Morgan fingerprint density at radius 3 is 1.63 bits per heavy atom. The van der Waals surface area contributed by atoms with Gasteiger partial charge < -0.3 is 18.8 Å². The van der Waals surface area contributed by atoms with Crippen molar-refractivity contribution in [2.45, 2.75) is 108 Å². The average molecular weight is 532 g/mol. The molecule has 0 saturated carbocycles. The maximum Gasteiger partial charge on any atom is 0.133 e. The summed E-state index contributed by atoms with van der Waals surface area (Å²) in [7, 11) is 0. The van der Waals surface area contributed by atoms with Crippen molar-refractivity contribution in [3.8, 4) is 0 Å². The Kier molecular flexibility index (Phi) is 42.6. The normalized spacial score (nSPS) is 8.39. The molecule has 5 heteroatoms. The van der Waals surface area contributed by atoms with Crippen LogP contribution >= 0.6 is 0 Å². The highest BCUT2D eigenvalue weighted by atomic mass is 16.3. The average Bonchev–Trinajstić information content (AvgIpc) is 3.42. The number of carbonyl (C=O) groups excluding carboxylic acids is 3. The van der Waals surface area contributed by atoms with Gasteiger partial charge in [0.15, 0.2) is 0 Å². The molecule has 0 radical (unpaired) electrons. The summed E-state index contributed by atoms with van der Waals surface area (Å²) in [6.45, 7) is 27.0. The van der Waals surface area contributed by atoms with E-state index in [0.29, 0.717) is 5.41 Å². The van der Waals surface area contributed by atoms with Crippen molar-refractivity contribution in [2.75, 3.05) is 0 Å². The Labute approximate surface area is 234 Å². The number of unbranched alkanes of at least 4 members (excludes halogenated alkanes) is 2. The van der Waals surface area contributed by atoms with Crippen LogP contribution in [0.5, 0.6) is 0 Å². The SMILES string of the molecule is C=O.C=O.CC.CC=O.CCC(C)(C)C.CCCCC.CCc1ccncc1.Cc1ccc2occc2c1. The van der Waals surface area contributed by atoms with Gasteiger partial charge in [-0.05, 0) is 61.6 Å². The van der Waals surface area contributed by atoms with Crippen molar-refractivity contribution in [1.29, 1.82) is 0 Å². The van der Waals surface area contributed by atoms with Crippen molar-refractivity contribution in [3.05, 3.63) is 66.2 Å². The molecule has 3 aromatic rings. The number of pyridine rings is 1. The summed E-state index contributed by atoms with van der Waals surface area (Å²) in [5.41, 5.74) is 4.12. The minimum Gasteiger partial charge on any atom is -0.464 e. The smallest absolute Gasteiger partial charge is 0.133 e. The van der Waals surface area contributed by atoms with Gasteiger partial charge in [0.25, 0.3) is 0 Å². The third-order valence-electron chi connectivity index (χ3n) is 4.53. The Morgan fingerprint density at radius 1 is 0.868 bits per heavy atom. The van der Waals surface area contributed by atoms with Crippen molar-refractivity contribution in [1.82, 2.24) is 4.98 Å². The first kappa shape index (κ1) is 44.9. The van der Waals surface area contributed by atoms with E-state index in [1.165, 1.54) is 49.1 Å². The van der Waals surface area contributed by atoms with Crippen LogP contribution in [0.2, 0.25) is 0 Å². The molecule has 0 aliphatic heterocycles. The van der Waals surface area contributed by atoms with Crippen molar-refractivity contribution >= 4 is 30.8 Å². The van der Waals surface area contributed by atoms with Crippen LogP contribution in [0.4, 0.5) is 0 Å².